The van der Waals surface area contributed by atoms with Gasteiger partial charge in [0, 0.05) is 22.2 Å². The molecule has 0 bridgehead atoms. The minimum absolute atomic E-state index is 0.210. The SMILES string of the molecule is O=C(O)c1cc(-c2cc(=NC3CC3)n3nc/c(=C/c4[nH]c(=O)[nH]c4O)c3n2)cs1. The van der Waals surface area contributed by atoms with Crippen molar-refractivity contribution in [1.29, 1.82) is 0 Å². The van der Waals surface area contributed by atoms with Crippen LogP contribution in [0.1, 0.15) is 28.2 Å². The highest BCUT2D eigenvalue weighted by molar-refractivity contribution is 7.12. The molecule has 0 aliphatic heterocycles. The van der Waals surface area contributed by atoms with Crippen LogP contribution in [0, 0.1) is 0 Å². The molecule has 0 amide bonds. The van der Waals surface area contributed by atoms with Crippen LogP contribution in [0.5, 0.6) is 5.88 Å². The maximum Gasteiger partial charge on any atom is 0.345 e. The number of rotatable bonds is 4. The summed E-state index contributed by atoms with van der Waals surface area (Å²) in [6.45, 7) is 0. The molecule has 1 aliphatic rings. The molecule has 0 unspecified atom stereocenters. The average molecular weight is 410 g/mol. The Balaban J connectivity index is 1.75. The number of hydrogen-bond acceptors (Lipinski definition) is 7. The maximum atomic E-state index is 11.4. The monoisotopic (exact) mass is 410 g/mol. The van der Waals surface area contributed by atoms with Crippen molar-refractivity contribution in [2.24, 2.45) is 4.99 Å². The van der Waals surface area contributed by atoms with Gasteiger partial charge in [0.05, 0.1) is 17.9 Å². The van der Waals surface area contributed by atoms with Crippen LogP contribution in [-0.2, 0) is 0 Å². The number of carboxylic acids is 1. The number of aromatic carboxylic acids is 1. The zero-order valence-corrected chi connectivity index (χ0v) is 15.6. The van der Waals surface area contributed by atoms with Crippen LogP contribution in [-0.4, -0.2) is 46.8 Å². The van der Waals surface area contributed by atoms with Crippen molar-refractivity contribution in [3.8, 4) is 17.1 Å². The van der Waals surface area contributed by atoms with Crippen LogP contribution in [0.3, 0.4) is 0 Å². The van der Waals surface area contributed by atoms with Gasteiger partial charge in [-0.2, -0.15) is 9.61 Å². The van der Waals surface area contributed by atoms with Gasteiger partial charge in [0.15, 0.2) is 11.1 Å². The number of thiophene rings is 1. The lowest BCUT2D eigenvalue weighted by Gasteiger charge is -2.00. The highest BCUT2D eigenvalue weighted by Crippen LogP contribution is 2.25. The molecule has 4 aromatic rings. The highest BCUT2D eigenvalue weighted by Gasteiger charge is 2.20. The van der Waals surface area contributed by atoms with E-state index in [9.17, 15) is 19.8 Å². The Bertz CT molecular complexity index is 1440. The van der Waals surface area contributed by atoms with Gasteiger partial charge in [0.25, 0.3) is 0 Å². The molecule has 0 atom stereocenters. The molecule has 146 valence electrons. The fourth-order valence-corrected chi connectivity index (χ4v) is 3.67. The number of nitrogens with zero attached hydrogens (tertiary/aromatic N) is 4. The number of H-pyrrole nitrogens is 2. The van der Waals surface area contributed by atoms with E-state index in [2.05, 4.69) is 25.0 Å². The molecule has 0 radical (unpaired) electrons. The van der Waals surface area contributed by atoms with Crippen LogP contribution >= 0.6 is 11.3 Å². The van der Waals surface area contributed by atoms with E-state index in [1.54, 1.807) is 34.3 Å². The lowest BCUT2D eigenvalue weighted by Crippen LogP contribution is -2.19. The van der Waals surface area contributed by atoms with Gasteiger partial charge in [-0.15, -0.1) is 11.3 Å². The fourth-order valence-electron chi connectivity index (χ4n) is 2.93. The first-order chi connectivity index (χ1) is 14.0. The van der Waals surface area contributed by atoms with Gasteiger partial charge in [-0.1, -0.05) is 0 Å². The molecule has 1 aliphatic carbocycles. The second-order valence-corrected chi connectivity index (χ2v) is 7.60. The second-order valence-electron chi connectivity index (χ2n) is 6.69. The van der Waals surface area contributed by atoms with E-state index in [-0.39, 0.29) is 22.5 Å². The Labute approximate surface area is 165 Å². The molecule has 1 fully saturated rings. The number of fused-ring (bicyclic) bond motifs is 1. The Hall–Kier alpha value is -3.73. The van der Waals surface area contributed by atoms with Crippen molar-refractivity contribution < 1.29 is 15.0 Å². The van der Waals surface area contributed by atoms with Gasteiger partial charge in [-0.05, 0) is 25.0 Å². The standard InChI is InChI=1S/C18H14N6O4S/c25-16-12(22-18(28)23-16)3-8-6-19-24-14(20-10-1-2-10)5-11(21-15(8)24)9-4-13(17(26)27)29-7-9/h3-7,10,25H,1-2H2,(H,26,27)(H2,22,23,28)/b8-3-,20-14?. The summed E-state index contributed by atoms with van der Waals surface area (Å²) in [5.74, 6) is -1.27. The van der Waals surface area contributed by atoms with Crippen molar-refractivity contribution in [3.63, 3.8) is 0 Å². The number of hydrogen-bond donors (Lipinski definition) is 4. The molecule has 29 heavy (non-hydrogen) atoms. The van der Waals surface area contributed by atoms with E-state index in [1.807, 2.05) is 0 Å². The van der Waals surface area contributed by atoms with Gasteiger partial charge in [-0.25, -0.2) is 14.6 Å². The van der Waals surface area contributed by atoms with Crippen molar-refractivity contribution in [2.45, 2.75) is 18.9 Å². The first-order valence-corrected chi connectivity index (χ1v) is 9.64. The molecule has 4 aromatic heterocycles. The molecule has 0 saturated heterocycles. The van der Waals surface area contributed by atoms with E-state index >= 15 is 0 Å². The summed E-state index contributed by atoms with van der Waals surface area (Å²) < 4.78 is 1.60. The smallest absolute Gasteiger partial charge is 0.345 e. The summed E-state index contributed by atoms with van der Waals surface area (Å²) in [6.07, 6.45) is 5.15. The third-order valence-electron chi connectivity index (χ3n) is 4.48. The first kappa shape index (κ1) is 17.4. The molecule has 0 spiro atoms. The van der Waals surface area contributed by atoms with Crippen LogP contribution in [0.25, 0.3) is 23.0 Å². The quantitative estimate of drug-likeness (QED) is 0.385. The summed E-state index contributed by atoms with van der Waals surface area (Å²) >= 11 is 1.13. The molecule has 1 saturated carbocycles. The lowest BCUT2D eigenvalue weighted by atomic mass is 10.2. The minimum atomic E-state index is -0.990. The molecule has 0 aromatic carbocycles. The van der Waals surface area contributed by atoms with Crippen molar-refractivity contribution in [2.75, 3.05) is 0 Å². The van der Waals surface area contributed by atoms with Crippen LogP contribution < -0.4 is 16.4 Å². The van der Waals surface area contributed by atoms with Crippen molar-refractivity contribution in [1.82, 2.24) is 24.6 Å². The van der Waals surface area contributed by atoms with E-state index in [4.69, 9.17) is 0 Å². The molecule has 4 N–H and O–H groups in total. The van der Waals surface area contributed by atoms with E-state index in [0.29, 0.717) is 27.6 Å². The Kier molecular flexibility index (Phi) is 3.84. The van der Waals surface area contributed by atoms with Gasteiger partial charge < -0.3 is 15.2 Å². The summed E-state index contributed by atoms with van der Waals surface area (Å²) in [5.41, 5.74) is 2.02. The molecule has 4 heterocycles. The number of aromatic amines is 2. The molecule has 5 rings (SSSR count). The Morgan fingerprint density at radius 3 is 2.83 bits per heavy atom. The number of carboxylic acid groups (broad SMARTS) is 1. The van der Waals surface area contributed by atoms with Crippen LogP contribution in [0.4, 0.5) is 0 Å². The number of aromatic nitrogens is 5. The molecular weight excluding hydrogens is 396 g/mol. The zero-order chi connectivity index (χ0) is 20.1. The summed E-state index contributed by atoms with van der Waals surface area (Å²) in [6, 6.07) is 3.60. The van der Waals surface area contributed by atoms with Gasteiger partial charge >= 0.3 is 11.7 Å². The minimum Gasteiger partial charge on any atom is -0.493 e. The van der Waals surface area contributed by atoms with E-state index < -0.39 is 11.7 Å². The third-order valence-corrected chi connectivity index (χ3v) is 5.40. The number of imidazole rings is 1. The van der Waals surface area contributed by atoms with Gasteiger partial charge in [0.1, 0.15) is 10.6 Å². The summed E-state index contributed by atoms with van der Waals surface area (Å²) in [5, 5.41) is 25.7. The Morgan fingerprint density at radius 1 is 1.34 bits per heavy atom. The molecular formula is C18H14N6O4S. The summed E-state index contributed by atoms with van der Waals surface area (Å²) in [7, 11) is 0. The highest BCUT2D eigenvalue weighted by atomic mass is 32.1. The number of nitrogens with one attached hydrogen (secondary N) is 2. The largest absolute Gasteiger partial charge is 0.493 e. The van der Waals surface area contributed by atoms with E-state index in [0.717, 1.165) is 24.2 Å². The van der Waals surface area contributed by atoms with Crippen LogP contribution in [0.2, 0.25) is 0 Å². The number of aromatic hydroxyl groups is 1. The predicted octanol–water partition coefficient (Wildman–Crippen LogP) is 0.489. The normalized spacial score (nSPS) is 15.4. The first-order valence-electron chi connectivity index (χ1n) is 8.76. The lowest BCUT2D eigenvalue weighted by molar-refractivity contribution is 0.0702. The third kappa shape index (κ3) is 3.21. The number of carbonyl (C=O) groups is 1. The average Bonchev–Trinajstić information content (AvgIpc) is 3.08. The zero-order valence-electron chi connectivity index (χ0n) is 14.8. The fraction of sp³-hybridized carbons (Fsp3) is 0.167. The maximum absolute atomic E-state index is 11.4. The van der Waals surface area contributed by atoms with E-state index in [1.165, 1.54) is 0 Å². The Morgan fingerprint density at radius 2 is 2.17 bits per heavy atom. The summed E-state index contributed by atoms with van der Waals surface area (Å²) in [4.78, 5) is 36.9. The van der Waals surface area contributed by atoms with Crippen molar-refractivity contribution >= 4 is 29.0 Å². The second kappa shape index (κ2) is 6.41. The topological polar surface area (TPSA) is 149 Å². The van der Waals surface area contributed by atoms with Crippen molar-refractivity contribution in [3.05, 3.63) is 55.5 Å². The van der Waals surface area contributed by atoms with Gasteiger partial charge in [0.2, 0.25) is 5.88 Å². The molecule has 11 heteroatoms. The van der Waals surface area contributed by atoms with Gasteiger partial charge in [-0.3, -0.25) is 9.98 Å². The van der Waals surface area contributed by atoms with Crippen LogP contribution in [0.15, 0.2) is 33.5 Å². The predicted molar refractivity (Wildman–Crippen MR) is 104 cm³/mol. The molecule has 10 nitrogen and oxygen atoms in total.